The Hall–Kier alpha value is -3.95. The van der Waals surface area contributed by atoms with E-state index in [4.69, 9.17) is 4.98 Å². The molecule has 4 aromatic rings. The summed E-state index contributed by atoms with van der Waals surface area (Å²) in [6.45, 7) is 4.22. The zero-order chi connectivity index (χ0) is 27.7. The molecule has 1 atom stereocenters. The van der Waals surface area contributed by atoms with E-state index in [1.165, 1.54) is 18.6 Å². The van der Waals surface area contributed by atoms with Crippen LogP contribution in [-0.4, -0.2) is 36.6 Å². The summed E-state index contributed by atoms with van der Waals surface area (Å²) < 4.78 is 41.4. The molecule has 2 heterocycles. The third-order valence-electron chi connectivity index (χ3n) is 7.41. The predicted octanol–water partition coefficient (Wildman–Crippen LogP) is 6.95. The van der Waals surface area contributed by atoms with Gasteiger partial charge in [0.15, 0.2) is 11.5 Å². The quantitative estimate of drug-likeness (QED) is 0.265. The summed E-state index contributed by atoms with van der Waals surface area (Å²) in [7, 11) is 0. The molecule has 0 radical (unpaired) electrons. The van der Waals surface area contributed by atoms with E-state index >= 15 is 0 Å². The van der Waals surface area contributed by atoms with Gasteiger partial charge in [0.1, 0.15) is 11.3 Å². The Balaban J connectivity index is 1.66. The van der Waals surface area contributed by atoms with Crippen molar-refractivity contribution in [1.82, 2.24) is 19.5 Å². The summed E-state index contributed by atoms with van der Waals surface area (Å²) in [5.41, 5.74) is 2.41. The van der Waals surface area contributed by atoms with Crippen LogP contribution in [0.4, 0.5) is 19.0 Å². The summed E-state index contributed by atoms with van der Waals surface area (Å²) >= 11 is 0. The predicted molar refractivity (Wildman–Crippen MR) is 143 cm³/mol. The molecule has 0 aliphatic heterocycles. The van der Waals surface area contributed by atoms with Crippen LogP contribution in [0.2, 0.25) is 0 Å². The van der Waals surface area contributed by atoms with Crippen molar-refractivity contribution in [3.8, 4) is 11.4 Å². The molecule has 0 amide bonds. The van der Waals surface area contributed by atoms with Crippen LogP contribution in [0.25, 0.3) is 22.6 Å². The van der Waals surface area contributed by atoms with Gasteiger partial charge in [-0.3, -0.25) is 0 Å². The first-order chi connectivity index (χ1) is 18.6. The van der Waals surface area contributed by atoms with Crippen molar-refractivity contribution in [3.63, 3.8) is 0 Å². The number of anilines is 1. The zero-order valence-corrected chi connectivity index (χ0v) is 21.8. The Morgan fingerprint density at radius 1 is 1.08 bits per heavy atom. The minimum Gasteiger partial charge on any atom is -0.475 e. The average molecular weight is 538 g/mol. The fourth-order valence-corrected chi connectivity index (χ4v) is 5.34. The molecular formula is C29H30F3N5O2. The number of carbonyl (C=O) groups is 1. The van der Waals surface area contributed by atoms with Gasteiger partial charge in [0.25, 0.3) is 0 Å². The van der Waals surface area contributed by atoms with Crippen molar-refractivity contribution < 1.29 is 23.1 Å². The van der Waals surface area contributed by atoms with Crippen LogP contribution in [-0.2, 0) is 12.7 Å². The largest absolute Gasteiger partial charge is 0.475 e. The van der Waals surface area contributed by atoms with E-state index in [0.717, 1.165) is 48.9 Å². The Bertz CT molecular complexity index is 1490. The summed E-state index contributed by atoms with van der Waals surface area (Å²) in [5.74, 6) is -0.331. The number of aryl methyl sites for hydroxylation is 1. The Morgan fingerprint density at radius 2 is 1.79 bits per heavy atom. The van der Waals surface area contributed by atoms with Gasteiger partial charge in [0, 0.05) is 18.2 Å². The molecule has 1 aliphatic rings. The van der Waals surface area contributed by atoms with Gasteiger partial charge in [-0.1, -0.05) is 55.2 Å². The fraction of sp³-hybridized carbons (Fsp3) is 0.379. The highest BCUT2D eigenvalue weighted by Crippen LogP contribution is 2.34. The molecule has 0 unspecified atom stereocenters. The lowest BCUT2D eigenvalue weighted by Gasteiger charge is -2.29. The van der Waals surface area contributed by atoms with Crippen LogP contribution in [0.3, 0.4) is 0 Å². The second-order valence-electron chi connectivity index (χ2n) is 10.3. The van der Waals surface area contributed by atoms with Gasteiger partial charge in [-0.2, -0.15) is 13.2 Å². The molecule has 7 nitrogen and oxygen atoms in total. The van der Waals surface area contributed by atoms with Crippen molar-refractivity contribution in [1.29, 1.82) is 0 Å². The third kappa shape index (κ3) is 5.74. The first kappa shape index (κ1) is 26.6. The molecule has 0 spiro atoms. The summed E-state index contributed by atoms with van der Waals surface area (Å²) in [5, 5.41) is 13.2. The molecule has 5 rings (SSSR count). The van der Waals surface area contributed by atoms with Crippen LogP contribution in [0.1, 0.15) is 66.3 Å². The highest BCUT2D eigenvalue weighted by Gasteiger charge is 2.30. The first-order valence-corrected chi connectivity index (χ1v) is 13.1. The van der Waals surface area contributed by atoms with Crippen molar-refractivity contribution in [2.45, 2.75) is 64.7 Å². The van der Waals surface area contributed by atoms with Crippen molar-refractivity contribution in [3.05, 3.63) is 71.0 Å². The van der Waals surface area contributed by atoms with Crippen LogP contribution in [0, 0.1) is 12.8 Å². The maximum absolute atomic E-state index is 13.2. The molecule has 2 aromatic heterocycles. The summed E-state index contributed by atoms with van der Waals surface area (Å²) in [6, 6.07) is 12.7. The molecule has 39 heavy (non-hydrogen) atoms. The molecule has 0 saturated heterocycles. The van der Waals surface area contributed by atoms with E-state index in [9.17, 15) is 23.1 Å². The van der Waals surface area contributed by atoms with Crippen molar-refractivity contribution >= 4 is 23.0 Å². The molecule has 0 bridgehead atoms. The second-order valence-corrected chi connectivity index (χ2v) is 10.3. The third-order valence-corrected chi connectivity index (χ3v) is 7.41. The number of nitrogens with zero attached hydrogens (tertiary/aromatic N) is 4. The van der Waals surface area contributed by atoms with E-state index in [0.29, 0.717) is 28.6 Å². The molecule has 2 N–H and O–H groups in total. The molecular weight excluding hydrogens is 507 g/mol. The van der Waals surface area contributed by atoms with E-state index < -0.39 is 17.7 Å². The van der Waals surface area contributed by atoms with Gasteiger partial charge in [-0.05, 0) is 56.4 Å². The number of benzene rings is 2. The van der Waals surface area contributed by atoms with Gasteiger partial charge < -0.3 is 15.0 Å². The monoisotopic (exact) mass is 537 g/mol. The van der Waals surface area contributed by atoms with Crippen LogP contribution in [0.5, 0.6) is 0 Å². The number of aromatic carboxylic acids is 1. The van der Waals surface area contributed by atoms with Crippen LogP contribution in [0.15, 0.2) is 48.5 Å². The van der Waals surface area contributed by atoms with Gasteiger partial charge in [-0.15, -0.1) is 0 Å². The highest BCUT2D eigenvalue weighted by atomic mass is 19.4. The zero-order valence-electron chi connectivity index (χ0n) is 21.8. The number of alkyl halides is 3. The number of nitrogens with one attached hydrogen (secondary N) is 1. The van der Waals surface area contributed by atoms with E-state index in [1.54, 1.807) is 0 Å². The number of imidazole rings is 1. The topological polar surface area (TPSA) is 92.9 Å². The van der Waals surface area contributed by atoms with Crippen molar-refractivity contribution in [2.24, 2.45) is 5.92 Å². The van der Waals surface area contributed by atoms with E-state index in [1.807, 2.05) is 35.8 Å². The molecule has 10 heteroatoms. The maximum atomic E-state index is 13.2. The molecule has 204 valence electrons. The number of rotatable bonds is 7. The van der Waals surface area contributed by atoms with Gasteiger partial charge >= 0.3 is 12.1 Å². The lowest BCUT2D eigenvalue weighted by molar-refractivity contribution is -0.137. The number of aromatic nitrogens is 4. The van der Waals surface area contributed by atoms with Crippen LogP contribution < -0.4 is 5.32 Å². The Kier molecular flexibility index (Phi) is 7.29. The molecule has 1 saturated carbocycles. The lowest BCUT2D eigenvalue weighted by atomic mass is 9.84. The van der Waals surface area contributed by atoms with E-state index in [2.05, 4.69) is 22.2 Å². The fourth-order valence-electron chi connectivity index (χ4n) is 5.34. The average Bonchev–Trinajstić information content (AvgIpc) is 3.27. The highest BCUT2D eigenvalue weighted by molar-refractivity contribution is 5.92. The minimum atomic E-state index is -4.43. The summed E-state index contributed by atoms with van der Waals surface area (Å²) in [4.78, 5) is 25.3. The van der Waals surface area contributed by atoms with Gasteiger partial charge in [0.05, 0.1) is 5.56 Å². The van der Waals surface area contributed by atoms with Gasteiger partial charge in [0.2, 0.25) is 5.82 Å². The van der Waals surface area contributed by atoms with E-state index in [-0.39, 0.29) is 24.1 Å². The summed E-state index contributed by atoms with van der Waals surface area (Å²) in [6.07, 6.45) is 1.24. The maximum Gasteiger partial charge on any atom is 0.416 e. The number of carboxylic acid groups (broad SMARTS) is 1. The number of fused-ring (bicyclic) bond motifs is 1. The SMILES string of the molecule is Cc1cccc(-c2nc3nc(C(=O)O)nc(N[C@@H](C)C4CCCCC4)c3n2Cc2ccc(C(F)(F)F)cc2)c1. The molecule has 2 aromatic carbocycles. The molecule has 1 aliphatic carbocycles. The van der Waals surface area contributed by atoms with Crippen LogP contribution >= 0.6 is 0 Å². The standard InChI is InChI=1S/C29H30F3N5O2/c1-17-7-6-10-21(15-17)27-36-25-23(37(27)16-19-11-13-22(14-12-19)29(30,31)32)24(34-26(35-25)28(38)39)33-18(2)20-8-4-3-5-9-20/h6-7,10-15,18,20H,3-5,8-9,16H2,1-2H3,(H,38,39)(H,33,34,35)/t18-/m0/s1. The lowest BCUT2D eigenvalue weighted by Crippen LogP contribution is -2.28. The number of carboxylic acids is 1. The Morgan fingerprint density at radius 3 is 2.44 bits per heavy atom. The first-order valence-electron chi connectivity index (χ1n) is 13.1. The molecule has 1 fully saturated rings. The Labute approximate surface area is 224 Å². The second kappa shape index (κ2) is 10.7. The normalized spacial score (nSPS) is 15.4. The van der Waals surface area contributed by atoms with Gasteiger partial charge in [-0.25, -0.2) is 19.7 Å². The van der Waals surface area contributed by atoms with Crippen molar-refractivity contribution in [2.75, 3.05) is 5.32 Å². The number of halogens is 3. The number of hydrogen-bond acceptors (Lipinski definition) is 5. The smallest absolute Gasteiger partial charge is 0.416 e. The minimum absolute atomic E-state index is 0.0295. The number of hydrogen-bond donors (Lipinski definition) is 2.